The summed E-state index contributed by atoms with van der Waals surface area (Å²) >= 11 is 0. The molecule has 3 N–H and O–H groups in total. The molecule has 1 fully saturated rings. The van der Waals surface area contributed by atoms with E-state index < -0.39 is 0 Å². The van der Waals surface area contributed by atoms with Crippen LogP contribution in [0.25, 0.3) is 16.6 Å². The van der Waals surface area contributed by atoms with E-state index in [4.69, 9.17) is 5.10 Å². The topological polar surface area (TPSA) is 91.3 Å². The molecule has 144 valence electrons. The summed E-state index contributed by atoms with van der Waals surface area (Å²) in [5, 5.41) is 11.7. The Morgan fingerprint density at radius 3 is 2.74 bits per heavy atom. The molecule has 0 atom stereocenters. The molecule has 3 heterocycles. The average molecular weight is 390 g/mol. The Morgan fingerprint density at radius 1 is 1.30 bits per heavy atom. The molecule has 0 spiro atoms. The zero-order valence-corrected chi connectivity index (χ0v) is 16.2. The van der Waals surface area contributed by atoms with Gasteiger partial charge in [0.05, 0.1) is 22.2 Å². The maximum absolute atomic E-state index is 12.6. The van der Waals surface area contributed by atoms with Crippen LogP contribution in [0.4, 0.5) is 0 Å². The summed E-state index contributed by atoms with van der Waals surface area (Å²) in [6, 6.07) is 7.15. The van der Waals surface area contributed by atoms with Crippen LogP contribution in [-0.2, 0) is 0 Å². The highest BCUT2D eigenvalue weighted by Crippen LogP contribution is 2.28. The van der Waals surface area contributed by atoms with E-state index in [2.05, 4.69) is 15.6 Å². The third-order valence-electron chi connectivity index (χ3n) is 4.89. The molecule has 1 amide bonds. The van der Waals surface area contributed by atoms with Crippen molar-refractivity contribution in [3.63, 3.8) is 0 Å². The summed E-state index contributed by atoms with van der Waals surface area (Å²) in [4.78, 5) is 27.9. The van der Waals surface area contributed by atoms with Gasteiger partial charge in [0.2, 0.25) is 0 Å². The van der Waals surface area contributed by atoms with Crippen molar-refractivity contribution in [3.05, 3.63) is 45.9 Å². The molecule has 0 saturated carbocycles. The summed E-state index contributed by atoms with van der Waals surface area (Å²) in [6.07, 6.45) is 1.94. The second-order valence-corrected chi connectivity index (χ2v) is 7.17. The molecule has 27 heavy (non-hydrogen) atoms. The number of hydrogen-bond acceptors (Lipinski definition) is 4. The van der Waals surface area contributed by atoms with Crippen LogP contribution in [0.1, 0.15) is 48.7 Å². The minimum absolute atomic E-state index is 0. The maximum atomic E-state index is 12.6. The molecule has 0 aliphatic carbocycles. The molecular weight excluding hydrogens is 366 g/mol. The lowest BCUT2D eigenvalue weighted by molar-refractivity contribution is 0.0945. The first-order valence-electron chi connectivity index (χ1n) is 9.11. The van der Waals surface area contributed by atoms with E-state index >= 15 is 0 Å². The van der Waals surface area contributed by atoms with Crippen molar-refractivity contribution in [1.29, 1.82) is 0 Å². The molecular formula is C19H24ClN5O2. The molecule has 0 unspecified atom stereocenters. The minimum atomic E-state index is -0.160. The molecule has 1 aliphatic heterocycles. The van der Waals surface area contributed by atoms with Crippen LogP contribution in [0.15, 0.2) is 29.1 Å². The highest BCUT2D eigenvalue weighted by Gasteiger charge is 2.22. The second kappa shape index (κ2) is 7.70. The quantitative estimate of drug-likeness (QED) is 0.640. The van der Waals surface area contributed by atoms with Gasteiger partial charge in [-0.15, -0.1) is 12.4 Å². The Balaban J connectivity index is 0.00000210. The van der Waals surface area contributed by atoms with Crippen LogP contribution < -0.4 is 16.2 Å². The molecule has 4 rings (SSSR count). The van der Waals surface area contributed by atoms with Crippen molar-refractivity contribution in [2.24, 2.45) is 0 Å². The Morgan fingerprint density at radius 2 is 2.04 bits per heavy atom. The van der Waals surface area contributed by atoms with E-state index in [-0.39, 0.29) is 35.8 Å². The maximum Gasteiger partial charge on any atom is 0.252 e. The number of halogens is 1. The SMILES string of the molecule is CC(C)NC(=O)c1cccc2nn3c(C4CCNCC4)cc(=O)[nH]c3c12.Cl. The normalized spacial score (nSPS) is 15.2. The van der Waals surface area contributed by atoms with Gasteiger partial charge < -0.3 is 15.6 Å². The predicted octanol–water partition coefficient (Wildman–Crippen LogP) is 2.20. The standard InChI is InChI=1S/C19H23N5O2.ClH/c1-11(2)21-19(26)13-4-3-5-14-17(13)18-22-16(25)10-15(24(18)23-14)12-6-8-20-9-7-12;/h3-5,10-12,20H,6-9H2,1-2H3,(H,21,26)(H,22,25);1H. The number of benzene rings is 1. The number of aromatic nitrogens is 3. The molecule has 0 radical (unpaired) electrons. The summed E-state index contributed by atoms with van der Waals surface area (Å²) < 4.78 is 1.81. The number of H-pyrrole nitrogens is 1. The molecule has 0 bridgehead atoms. The first kappa shape index (κ1) is 19.4. The third kappa shape index (κ3) is 3.57. The van der Waals surface area contributed by atoms with Gasteiger partial charge in [-0.2, -0.15) is 5.10 Å². The number of carbonyl (C=O) groups is 1. The van der Waals surface area contributed by atoms with Gasteiger partial charge in [0.25, 0.3) is 11.5 Å². The summed E-state index contributed by atoms with van der Waals surface area (Å²) in [5.74, 6) is 0.122. The lowest BCUT2D eigenvalue weighted by Crippen LogP contribution is -2.30. The number of nitrogens with one attached hydrogen (secondary N) is 3. The predicted molar refractivity (Wildman–Crippen MR) is 108 cm³/mol. The van der Waals surface area contributed by atoms with Crippen molar-refractivity contribution < 1.29 is 4.79 Å². The largest absolute Gasteiger partial charge is 0.350 e. The van der Waals surface area contributed by atoms with Crippen LogP contribution in [-0.4, -0.2) is 39.6 Å². The van der Waals surface area contributed by atoms with Crippen LogP contribution in [0.5, 0.6) is 0 Å². The van der Waals surface area contributed by atoms with E-state index in [1.807, 2.05) is 30.5 Å². The monoisotopic (exact) mass is 389 g/mol. The zero-order valence-electron chi connectivity index (χ0n) is 15.4. The highest BCUT2D eigenvalue weighted by atomic mass is 35.5. The van der Waals surface area contributed by atoms with Crippen LogP contribution in [0, 0.1) is 0 Å². The van der Waals surface area contributed by atoms with Crippen molar-refractivity contribution in [2.75, 3.05) is 13.1 Å². The number of rotatable bonds is 3. The fourth-order valence-electron chi connectivity index (χ4n) is 3.72. The third-order valence-corrected chi connectivity index (χ3v) is 4.89. The summed E-state index contributed by atoms with van der Waals surface area (Å²) in [6.45, 7) is 5.71. The zero-order chi connectivity index (χ0) is 18.3. The first-order valence-corrected chi connectivity index (χ1v) is 9.11. The second-order valence-electron chi connectivity index (χ2n) is 7.17. The van der Waals surface area contributed by atoms with Crippen LogP contribution in [0.2, 0.25) is 0 Å². The molecule has 1 aliphatic rings. The van der Waals surface area contributed by atoms with Crippen molar-refractivity contribution in [2.45, 2.75) is 38.6 Å². The average Bonchev–Trinajstić information content (AvgIpc) is 2.99. The van der Waals surface area contributed by atoms with Gasteiger partial charge in [-0.3, -0.25) is 9.59 Å². The fraction of sp³-hybridized carbons (Fsp3) is 0.421. The van der Waals surface area contributed by atoms with Gasteiger partial charge in [0.1, 0.15) is 5.65 Å². The number of piperidine rings is 1. The molecule has 8 heteroatoms. The Hall–Kier alpha value is -2.38. The van der Waals surface area contributed by atoms with Crippen LogP contribution >= 0.6 is 12.4 Å². The van der Waals surface area contributed by atoms with Crippen molar-refractivity contribution in [3.8, 4) is 0 Å². The Labute approximate surface area is 162 Å². The van der Waals surface area contributed by atoms with Gasteiger partial charge >= 0.3 is 0 Å². The first-order chi connectivity index (χ1) is 12.5. The van der Waals surface area contributed by atoms with Gasteiger partial charge in [-0.1, -0.05) is 6.07 Å². The smallest absolute Gasteiger partial charge is 0.252 e. The minimum Gasteiger partial charge on any atom is -0.350 e. The summed E-state index contributed by atoms with van der Waals surface area (Å²) in [5.41, 5.74) is 2.59. The van der Waals surface area contributed by atoms with Gasteiger partial charge in [-0.25, -0.2) is 4.52 Å². The number of amides is 1. The van der Waals surface area contributed by atoms with Crippen LogP contribution in [0.3, 0.4) is 0 Å². The molecule has 7 nitrogen and oxygen atoms in total. The number of carbonyl (C=O) groups excluding carboxylic acids is 1. The fourth-order valence-corrected chi connectivity index (χ4v) is 3.72. The molecule has 1 aromatic carbocycles. The van der Waals surface area contributed by atoms with E-state index in [0.717, 1.165) is 31.6 Å². The van der Waals surface area contributed by atoms with Gasteiger partial charge in [0, 0.05) is 18.0 Å². The molecule has 3 aromatic rings. The molecule has 1 saturated heterocycles. The van der Waals surface area contributed by atoms with Crippen molar-refractivity contribution >= 4 is 34.9 Å². The lowest BCUT2D eigenvalue weighted by atomic mass is 9.94. The lowest BCUT2D eigenvalue weighted by Gasteiger charge is -2.23. The van der Waals surface area contributed by atoms with E-state index in [0.29, 0.717) is 22.1 Å². The van der Waals surface area contributed by atoms with Crippen molar-refractivity contribution in [1.82, 2.24) is 25.2 Å². The Bertz CT molecular complexity index is 1030. The van der Waals surface area contributed by atoms with E-state index in [9.17, 15) is 9.59 Å². The number of hydrogen-bond donors (Lipinski definition) is 3. The van der Waals surface area contributed by atoms with E-state index in [1.54, 1.807) is 12.1 Å². The van der Waals surface area contributed by atoms with E-state index in [1.165, 1.54) is 0 Å². The Kier molecular flexibility index (Phi) is 5.53. The van der Waals surface area contributed by atoms with Gasteiger partial charge in [0.15, 0.2) is 0 Å². The number of nitrogens with zero attached hydrogens (tertiary/aromatic N) is 2. The number of fused-ring (bicyclic) bond motifs is 3. The highest BCUT2D eigenvalue weighted by molar-refractivity contribution is 6.11. The van der Waals surface area contributed by atoms with Gasteiger partial charge in [-0.05, 0) is 51.9 Å². The number of aromatic amines is 1. The molecule has 2 aromatic heterocycles. The summed E-state index contributed by atoms with van der Waals surface area (Å²) in [7, 11) is 0.